The molecule has 6 heteroatoms. The third kappa shape index (κ3) is 4.40. The molecular formula is C13H20N2O4. The fourth-order valence-electron chi connectivity index (χ4n) is 1.73. The molecule has 106 valence electrons. The Labute approximate surface area is 113 Å². The Morgan fingerprint density at radius 1 is 1.32 bits per heavy atom. The van der Waals surface area contributed by atoms with Crippen molar-refractivity contribution in [1.82, 2.24) is 4.90 Å². The fourth-order valence-corrected chi connectivity index (χ4v) is 1.73. The van der Waals surface area contributed by atoms with Gasteiger partial charge in [0.05, 0.1) is 18.1 Å². The molecule has 19 heavy (non-hydrogen) atoms. The molecule has 0 N–H and O–H groups in total. The van der Waals surface area contributed by atoms with E-state index in [4.69, 9.17) is 9.47 Å². The van der Waals surface area contributed by atoms with Crippen LogP contribution in [0.1, 0.15) is 13.8 Å². The van der Waals surface area contributed by atoms with E-state index in [9.17, 15) is 10.1 Å². The first-order chi connectivity index (χ1) is 9.12. The highest BCUT2D eigenvalue weighted by molar-refractivity contribution is 5.50. The Morgan fingerprint density at radius 2 is 2.00 bits per heavy atom. The molecule has 6 nitrogen and oxygen atoms in total. The topological polar surface area (TPSA) is 64.8 Å². The van der Waals surface area contributed by atoms with E-state index in [2.05, 4.69) is 18.7 Å². The second-order valence-corrected chi connectivity index (χ2v) is 3.97. The Morgan fingerprint density at radius 3 is 2.53 bits per heavy atom. The Balaban J connectivity index is 2.64. The molecule has 0 atom stereocenters. The SMILES string of the molecule is CCN(CC)CCOc1ccc(OC)c([N+](=O)[O-])c1. The van der Waals surface area contributed by atoms with Crippen LogP contribution < -0.4 is 9.47 Å². The fraction of sp³-hybridized carbons (Fsp3) is 0.538. The summed E-state index contributed by atoms with van der Waals surface area (Å²) >= 11 is 0. The van der Waals surface area contributed by atoms with Gasteiger partial charge in [-0.15, -0.1) is 0 Å². The highest BCUT2D eigenvalue weighted by Gasteiger charge is 2.15. The lowest BCUT2D eigenvalue weighted by molar-refractivity contribution is -0.385. The number of ether oxygens (including phenoxy) is 2. The summed E-state index contributed by atoms with van der Waals surface area (Å²) in [7, 11) is 1.41. The van der Waals surface area contributed by atoms with Crippen LogP contribution in [0.25, 0.3) is 0 Å². The number of nitrogens with zero attached hydrogens (tertiary/aromatic N) is 2. The molecule has 0 radical (unpaired) electrons. The first kappa shape index (κ1) is 15.2. The number of hydrogen-bond acceptors (Lipinski definition) is 5. The minimum absolute atomic E-state index is 0.0807. The van der Waals surface area contributed by atoms with Crippen molar-refractivity contribution >= 4 is 5.69 Å². The van der Waals surface area contributed by atoms with Crippen LogP contribution in [0.4, 0.5) is 5.69 Å². The average Bonchev–Trinajstić information content (AvgIpc) is 2.43. The summed E-state index contributed by atoms with van der Waals surface area (Å²) in [6.45, 7) is 7.40. The first-order valence-corrected chi connectivity index (χ1v) is 6.29. The number of benzene rings is 1. The van der Waals surface area contributed by atoms with Crippen LogP contribution in [0.5, 0.6) is 11.5 Å². The van der Waals surface area contributed by atoms with Crippen molar-refractivity contribution in [3.8, 4) is 11.5 Å². The van der Waals surface area contributed by atoms with Crippen molar-refractivity contribution < 1.29 is 14.4 Å². The van der Waals surface area contributed by atoms with Crippen LogP contribution in [-0.2, 0) is 0 Å². The van der Waals surface area contributed by atoms with Gasteiger partial charge in [-0.05, 0) is 25.2 Å². The van der Waals surface area contributed by atoms with Gasteiger partial charge in [0, 0.05) is 6.54 Å². The smallest absolute Gasteiger partial charge is 0.314 e. The summed E-state index contributed by atoms with van der Waals surface area (Å²) in [6, 6.07) is 4.61. The molecule has 0 amide bonds. The van der Waals surface area contributed by atoms with Crippen LogP contribution >= 0.6 is 0 Å². The van der Waals surface area contributed by atoms with Gasteiger partial charge < -0.3 is 14.4 Å². The molecule has 0 aromatic heterocycles. The minimum Gasteiger partial charge on any atom is -0.492 e. The van der Waals surface area contributed by atoms with Crippen LogP contribution in [0.3, 0.4) is 0 Å². The van der Waals surface area contributed by atoms with E-state index >= 15 is 0 Å². The monoisotopic (exact) mass is 268 g/mol. The highest BCUT2D eigenvalue weighted by atomic mass is 16.6. The lowest BCUT2D eigenvalue weighted by atomic mass is 10.3. The maximum Gasteiger partial charge on any atom is 0.314 e. The van der Waals surface area contributed by atoms with Gasteiger partial charge in [-0.25, -0.2) is 0 Å². The van der Waals surface area contributed by atoms with Gasteiger partial charge in [-0.3, -0.25) is 10.1 Å². The molecule has 0 saturated heterocycles. The second kappa shape index (κ2) is 7.58. The van der Waals surface area contributed by atoms with Crippen molar-refractivity contribution in [2.75, 3.05) is 33.4 Å². The number of hydrogen-bond donors (Lipinski definition) is 0. The predicted molar refractivity (Wildman–Crippen MR) is 72.9 cm³/mol. The van der Waals surface area contributed by atoms with Crippen LogP contribution in [0.2, 0.25) is 0 Å². The number of rotatable bonds is 8. The highest BCUT2D eigenvalue weighted by Crippen LogP contribution is 2.30. The van der Waals surface area contributed by atoms with E-state index < -0.39 is 4.92 Å². The second-order valence-electron chi connectivity index (χ2n) is 3.97. The Kier molecular flexibility index (Phi) is 6.08. The zero-order valence-electron chi connectivity index (χ0n) is 11.6. The van der Waals surface area contributed by atoms with Crippen molar-refractivity contribution in [1.29, 1.82) is 0 Å². The molecular weight excluding hydrogens is 248 g/mol. The number of nitro benzene ring substituents is 1. The zero-order chi connectivity index (χ0) is 14.3. The summed E-state index contributed by atoms with van der Waals surface area (Å²) in [5.74, 6) is 0.723. The molecule has 1 aromatic carbocycles. The van der Waals surface area contributed by atoms with Crippen molar-refractivity contribution in [3.63, 3.8) is 0 Å². The lowest BCUT2D eigenvalue weighted by Gasteiger charge is -2.18. The number of likely N-dealkylation sites (N-methyl/N-ethyl adjacent to an activating group) is 1. The van der Waals surface area contributed by atoms with Crippen molar-refractivity contribution in [2.24, 2.45) is 0 Å². The van der Waals surface area contributed by atoms with Gasteiger partial charge in [-0.2, -0.15) is 0 Å². The molecule has 0 spiro atoms. The summed E-state index contributed by atoms with van der Waals surface area (Å²) in [5, 5.41) is 10.9. The number of methoxy groups -OCH3 is 1. The summed E-state index contributed by atoms with van der Waals surface area (Å²) in [6.07, 6.45) is 0. The van der Waals surface area contributed by atoms with Crippen molar-refractivity contribution in [3.05, 3.63) is 28.3 Å². The third-order valence-electron chi connectivity index (χ3n) is 2.92. The van der Waals surface area contributed by atoms with Gasteiger partial charge in [0.25, 0.3) is 0 Å². The standard InChI is InChI=1S/C13H20N2O4/c1-4-14(5-2)8-9-19-11-6-7-13(18-3)12(10-11)15(16)17/h6-7,10H,4-5,8-9H2,1-3H3. The molecule has 0 aliphatic heterocycles. The van der Waals surface area contributed by atoms with E-state index in [1.54, 1.807) is 12.1 Å². The lowest BCUT2D eigenvalue weighted by Crippen LogP contribution is -2.27. The van der Waals surface area contributed by atoms with Gasteiger partial charge in [0.2, 0.25) is 0 Å². The zero-order valence-corrected chi connectivity index (χ0v) is 11.6. The molecule has 1 rings (SSSR count). The van der Waals surface area contributed by atoms with Crippen LogP contribution in [0, 0.1) is 10.1 Å². The van der Waals surface area contributed by atoms with E-state index in [-0.39, 0.29) is 11.4 Å². The van der Waals surface area contributed by atoms with Crippen LogP contribution in [-0.4, -0.2) is 43.2 Å². The molecule has 0 bridgehead atoms. The molecule has 0 unspecified atom stereocenters. The average molecular weight is 268 g/mol. The van der Waals surface area contributed by atoms with E-state index in [0.29, 0.717) is 12.4 Å². The Bertz CT molecular complexity index is 419. The normalized spacial score (nSPS) is 10.5. The van der Waals surface area contributed by atoms with Gasteiger partial charge >= 0.3 is 5.69 Å². The summed E-state index contributed by atoms with van der Waals surface area (Å²) < 4.78 is 10.5. The van der Waals surface area contributed by atoms with E-state index in [0.717, 1.165) is 19.6 Å². The Hall–Kier alpha value is -1.82. The van der Waals surface area contributed by atoms with Gasteiger partial charge in [-0.1, -0.05) is 13.8 Å². The maximum absolute atomic E-state index is 10.9. The third-order valence-corrected chi connectivity index (χ3v) is 2.92. The minimum atomic E-state index is -0.476. The molecule has 0 heterocycles. The number of nitro groups is 1. The molecule has 1 aromatic rings. The first-order valence-electron chi connectivity index (χ1n) is 6.29. The summed E-state index contributed by atoms with van der Waals surface area (Å²) in [5.41, 5.74) is -0.0807. The van der Waals surface area contributed by atoms with Crippen LogP contribution in [0.15, 0.2) is 18.2 Å². The van der Waals surface area contributed by atoms with Gasteiger partial charge in [0.15, 0.2) is 5.75 Å². The quantitative estimate of drug-likeness (QED) is 0.534. The largest absolute Gasteiger partial charge is 0.492 e. The maximum atomic E-state index is 10.9. The molecule has 0 saturated carbocycles. The molecule has 0 aliphatic rings. The summed E-state index contributed by atoms with van der Waals surface area (Å²) in [4.78, 5) is 12.6. The van der Waals surface area contributed by atoms with Crippen molar-refractivity contribution in [2.45, 2.75) is 13.8 Å². The molecule has 0 fully saturated rings. The van der Waals surface area contributed by atoms with E-state index in [1.807, 2.05) is 0 Å². The predicted octanol–water partition coefficient (Wildman–Crippen LogP) is 2.32. The molecule has 0 aliphatic carbocycles. The van der Waals surface area contributed by atoms with Gasteiger partial charge in [0.1, 0.15) is 12.4 Å². The van der Waals surface area contributed by atoms with E-state index in [1.165, 1.54) is 13.2 Å².